The highest BCUT2D eigenvalue weighted by Crippen LogP contribution is 2.34. The van der Waals surface area contributed by atoms with Crippen LogP contribution >= 0.6 is 0 Å². The summed E-state index contributed by atoms with van der Waals surface area (Å²) in [6.45, 7) is 0. The first-order valence-electron chi connectivity index (χ1n) is 6.26. The van der Waals surface area contributed by atoms with Gasteiger partial charge in [0.05, 0.1) is 10.9 Å². The number of ketones is 1. The Balaban J connectivity index is 2.02. The molecule has 4 nitrogen and oxygen atoms in total. The molecular weight excluding hydrogens is 254 g/mol. The molecule has 2 aromatic carbocycles. The smallest absolute Gasteiger partial charge is 0.169 e. The molecule has 0 bridgehead atoms. The van der Waals surface area contributed by atoms with Crippen LogP contribution in [-0.2, 0) is 6.42 Å². The van der Waals surface area contributed by atoms with Crippen molar-refractivity contribution in [2.45, 2.75) is 6.42 Å². The lowest BCUT2D eigenvalue weighted by Crippen LogP contribution is -2.02. The van der Waals surface area contributed by atoms with Crippen LogP contribution in [-0.4, -0.2) is 21.0 Å². The van der Waals surface area contributed by atoms with E-state index in [9.17, 15) is 15.0 Å². The number of Topliss-reactive ketones (excluding diaryl/α,β-unsaturated/α-hetero) is 1. The molecule has 3 aromatic rings. The fourth-order valence-electron chi connectivity index (χ4n) is 2.31. The van der Waals surface area contributed by atoms with Gasteiger partial charge in [0.2, 0.25) is 0 Å². The lowest BCUT2D eigenvalue weighted by Gasteiger charge is -2.02. The summed E-state index contributed by atoms with van der Waals surface area (Å²) < 4.78 is 0. The second-order valence-electron chi connectivity index (χ2n) is 4.64. The van der Waals surface area contributed by atoms with Gasteiger partial charge in [-0.3, -0.25) is 4.79 Å². The van der Waals surface area contributed by atoms with Gasteiger partial charge in [-0.05, 0) is 17.7 Å². The number of benzene rings is 2. The average molecular weight is 267 g/mol. The fraction of sp³-hybridized carbons (Fsp3) is 0.0625. The van der Waals surface area contributed by atoms with Crippen LogP contribution in [0.1, 0.15) is 15.9 Å². The number of aromatic amines is 1. The Hall–Kier alpha value is -2.75. The highest BCUT2D eigenvalue weighted by molar-refractivity contribution is 6.11. The Kier molecular flexibility index (Phi) is 2.91. The molecule has 0 aliphatic heterocycles. The van der Waals surface area contributed by atoms with E-state index in [1.165, 1.54) is 18.3 Å². The van der Waals surface area contributed by atoms with Crippen LogP contribution in [0, 0.1) is 0 Å². The van der Waals surface area contributed by atoms with Crippen molar-refractivity contribution in [2.24, 2.45) is 0 Å². The molecule has 3 rings (SSSR count). The molecule has 0 saturated heterocycles. The normalized spacial score (nSPS) is 10.8. The zero-order chi connectivity index (χ0) is 14.1. The van der Waals surface area contributed by atoms with Crippen LogP contribution in [0.5, 0.6) is 11.5 Å². The zero-order valence-electron chi connectivity index (χ0n) is 10.6. The molecule has 0 radical (unpaired) electrons. The lowest BCUT2D eigenvalue weighted by atomic mass is 10.0. The summed E-state index contributed by atoms with van der Waals surface area (Å²) in [6.07, 6.45) is 1.78. The predicted molar refractivity (Wildman–Crippen MR) is 76.1 cm³/mol. The number of H-pyrrole nitrogens is 1. The zero-order valence-corrected chi connectivity index (χ0v) is 10.6. The van der Waals surface area contributed by atoms with Crippen molar-refractivity contribution >= 4 is 16.7 Å². The van der Waals surface area contributed by atoms with Gasteiger partial charge in [-0.2, -0.15) is 0 Å². The van der Waals surface area contributed by atoms with Crippen LogP contribution in [0.15, 0.2) is 48.7 Å². The van der Waals surface area contributed by atoms with Gasteiger partial charge in [0.15, 0.2) is 5.78 Å². The Morgan fingerprint density at radius 1 is 1.00 bits per heavy atom. The van der Waals surface area contributed by atoms with Crippen molar-refractivity contribution in [1.82, 2.24) is 4.98 Å². The van der Waals surface area contributed by atoms with Crippen molar-refractivity contribution < 1.29 is 15.0 Å². The summed E-state index contributed by atoms with van der Waals surface area (Å²) in [5.41, 5.74) is 1.67. The minimum Gasteiger partial charge on any atom is -0.507 e. The van der Waals surface area contributed by atoms with E-state index in [1.54, 1.807) is 0 Å². The Morgan fingerprint density at radius 2 is 1.70 bits per heavy atom. The third-order valence-corrected chi connectivity index (χ3v) is 3.30. The van der Waals surface area contributed by atoms with Crippen LogP contribution in [0.2, 0.25) is 0 Å². The number of hydrogen-bond donors (Lipinski definition) is 3. The van der Waals surface area contributed by atoms with Crippen molar-refractivity contribution in [1.29, 1.82) is 0 Å². The molecule has 0 amide bonds. The molecule has 20 heavy (non-hydrogen) atoms. The van der Waals surface area contributed by atoms with E-state index in [1.807, 2.05) is 30.3 Å². The first kappa shape index (κ1) is 12.3. The van der Waals surface area contributed by atoms with Crippen LogP contribution in [0.4, 0.5) is 0 Å². The molecule has 0 spiro atoms. The number of nitrogens with one attached hydrogen (secondary N) is 1. The Labute approximate surface area is 115 Å². The molecule has 0 unspecified atom stereocenters. The van der Waals surface area contributed by atoms with Gasteiger partial charge < -0.3 is 15.2 Å². The highest BCUT2D eigenvalue weighted by atomic mass is 16.3. The number of fused-ring (bicyclic) bond motifs is 1. The van der Waals surface area contributed by atoms with Crippen LogP contribution in [0.25, 0.3) is 10.9 Å². The van der Waals surface area contributed by atoms with E-state index >= 15 is 0 Å². The van der Waals surface area contributed by atoms with Gasteiger partial charge in [0.25, 0.3) is 0 Å². The van der Waals surface area contributed by atoms with Gasteiger partial charge in [-0.1, -0.05) is 30.3 Å². The summed E-state index contributed by atoms with van der Waals surface area (Å²) in [5, 5.41) is 20.0. The quantitative estimate of drug-likeness (QED) is 0.504. The monoisotopic (exact) mass is 267 g/mol. The number of hydrogen-bond acceptors (Lipinski definition) is 3. The minimum absolute atomic E-state index is 0.0107. The van der Waals surface area contributed by atoms with Crippen LogP contribution in [0.3, 0.4) is 0 Å². The van der Waals surface area contributed by atoms with Crippen LogP contribution < -0.4 is 0 Å². The number of carbonyl (C=O) groups excluding carboxylic acids is 1. The summed E-state index contributed by atoms with van der Waals surface area (Å²) in [7, 11) is 0. The highest BCUT2D eigenvalue weighted by Gasteiger charge is 2.17. The SMILES string of the molecule is O=C(Cc1ccccc1)c1c[nH]c2c(O)ccc(O)c12. The van der Waals surface area contributed by atoms with E-state index < -0.39 is 0 Å². The second kappa shape index (κ2) is 4.74. The van der Waals surface area contributed by atoms with Crippen molar-refractivity contribution in [3.05, 3.63) is 59.8 Å². The number of aromatic nitrogens is 1. The predicted octanol–water partition coefficient (Wildman–Crippen LogP) is 3.00. The van der Waals surface area contributed by atoms with E-state index in [0.29, 0.717) is 16.5 Å². The third-order valence-electron chi connectivity index (χ3n) is 3.30. The maximum absolute atomic E-state index is 12.3. The largest absolute Gasteiger partial charge is 0.507 e. The van der Waals surface area contributed by atoms with Gasteiger partial charge in [0.1, 0.15) is 11.5 Å². The summed E-state index contributed by atoms with van der Waals surface area (Å²) in [5.74, 6) is -0.115. The molecule has 0 aliphatic carbocycles. The molecule has 1 heterocycles. The number of phenolic OH excluding ortho intramolecular Hbond substituents is 2. The van der Waals surface area contributed by atoms with Crippen molar-refractivity contribution in [3.63, 3.8) is 0 Å². The Bertz CT molecular complexity index is 775. The molecule has 0 aliphatic rings. The maximum atomic E-state index is 12.3. The van der Waals surface area contributed by atoms with E-state index in [4.69, 9.17) is 0 Å². The van der Waals surface area contributed by atoms with Gasteiger partial charge >= 0.3 is 0 Å². The molecule has 3 N–H and O–H groups in total. The number of aromatic hydroxyl groups is 2. The lowest BCUT2D eigenvalue weighted by molar-refractivity contribution is 0.0994. The molecule has 0 atom stereocenters. The van der Waals surface area contributed by atoms with Crippen molar-refractivity contribution in [2.75, 3.05) is 0 Å². The van der Waals surface area contributed by atoms with Crippen molar-refractivity contribution in [3.8, 4) is 11.5 Å². The first-order chi connectivity index (χ1) is 9.66. The first-order valence-corrected chi connectivity index (χ1v) is 6.26. The van der Waals surface area contributed by atoms with E-state index in [0.717, 1.165) is 5.56 Å². The molecule has 0 fully saturated rings. The number of rotatable bonds is 3. The number of carbonyl (C=O) groups is 1. The molecule has 4 heteroatoms. The number of phenols is 2. The molecule has 1 aromatic heterocycles. The fourth-order valence-corrected chi connectivity index (χ4v) is 2.31. The van der Waals surface area contributed by atoms with Gasteiger partial charge in [-0.15, -0.1) is 0 Å². The summed E-state index contributed by atoms with van der Waals surface area (Å²) in [4.78, 5) is 15.2. The molecule has 0 saturated carbocycles. The minimum atomic E-state index is -0.108. The topological polar surface area (TPSA) is 73.3 Å². The van der Waals surface area contributed by atoms with E-state index in [2.05, 4.69) is 4.98 Å². The maximum Gasteiger partial charge on any atom is 0.169 e. The van der Waals surface area contributed by atoms with Gasteiger partial charge in [0, 0.05) is 18.2 Å². The standard InChI is InChI=1S/C16H13NO3/c18-12-6-7-13(19)16-15(12)11(9-17-16)14(20)8-10-4-2-1-3-5-10/h1-7,9,17-19H,8H2. The van der Waals surface area contributed by atoms with E-state index in [-0.39, 0.29) is 23.7 Å². The third kappa shape index (κ3) is 2.01. The summed E-state index contributed by atoms with van der Waals surface area (Å²) in [6, 6.07) is 12.2. The average Bonchev–Trinajstić information content (AvgIpc) is 2.90. The Morgan fingerprint density at radius 3 is 2.45 bits per heavy atom. The van der Waals surface area contributed by atoms with Gasteiger partial charge in [-0.25, -0.2) is 0 Å². The second-order valence-corrected chi connectivity index (χ2v) is 4.64. The molecule has 100 valence electrons. The molecular formula is C16H13NO3. The summed E-state index contributed by atoms with van der Waals surface area (Å²) >= 11 is 0.